The van der Waals surface area contributed by atoms with Crippen LogP contribution in [0.2, 0.25) is 0 Å². The number of nitrogen functional groups attached to an aromatic ring is 1. The van der Waals surface area contributed by atoms with E-state index in [1.807, 2.05) is 25.1 Å². The molecule has 0 aliphatic rings. The van der Waals surface area contributed by atoms with Crippen LogP contribution < -0.4 is 11.1 Å². The number of anilines is 2. The van der Waals surface area contributed by atoms with E-state index in [1.54, 1.807) is 0 Å². The Balaban J connectivity index is 2.60. The van der Waals surface area contributed by atoms with Crippen molar-refractivity contribution in [2.45, 2.75) is 40.5 Å². The van der Waals surface area contributed by atoms with Gasteiger partial charge < -0.3 is 11.1 Å². The third-order valence-corrected chi connectivity index (χ3v) is 4.14. The lowest BCUT2D eigenvalue weighted by Gasteiger charge is -2.24. The molecule has 0 unspecified atom stereocenters. The predicted molar refractivity (Wildman–Crippen MR) is 90.4 cm³/mol. The Morgan fingerprint density at radius 3 is 2.52 bits per heavy atom. The highest BCUT2D eigenvalue weighted by Crippen LogP contribution is 2.20. The normalized spacial score (nSPS) is 11.1. The molecule has 0 heterocycles. The number of benzene rings is 1. The molecule has 0 saturated heterocycles. The van der Waals surface area contributed by atoms with Crippen LogP contribution in [0.1, 0.15) is 39.2 Å². The van der Waals surface area contributed by atoms with E-state index in [0.29, 0.717) is 18.2 Å². The average Bonchev–Trinajstić information content (AvgIpc) is 2.48. The molecule has 3 N–H and O–H groups in total. The van der Waals surface area contributed by atoms with Crippen LogP contribution in [0, 0.1) is 12.8 Å². The average molecular weight is 291 g/mol. The molecule has 0 spiro atoms. The number of nitrogens with zero attached hydrogens (tertiary/aromatic N) is 1. The molecule has 1 aromatic rings. The maximum atomic E-state index is 12.2. The van der Waals surface area contributed by atoms with E-state index < -0.39 is 0 Å². The largest absolute Gasteiger partial charge is 0.398 e. The Kier molecular flexibility index (Phi) is 7.23. The van der Waals surface area contributed by atoms with Crippen LogP contribution in [0.15, 0.2) is 18.2 Å². The van der Waals surface area contributed by atoms with Crippen molar-refractivity contribution < 1.29 is 4.79 Å². The standard InChI is InChI=1S/C17H29N3O/c1-5-14(6-2)11-20(7-3)12-17(21)19-16-10-8-9-15(18)13(16)4/h8-10,14H,5-7,11-12,18H2,1-4H3,(H,19,21). The molecule has 1 aromatic carbocycles. The lowest BCUT2D eigenvalue weighted by Crippen LogP contribution is -2.36. The van der Waals surface area contributed by atoms with E-state index in [9.17, 15) is 4.79 Å². The fraction of sp³-hybridized carbons (Fsp3) is 0.588. The molecule has 1 rings (SSSR count). The van der Waals surface area contributed by atoms with Gasteiger partial charge in [0.05, 0.1) is 6.54 Å². The maximum absolute atomic E-state index is 12.2. The van der Waals surface area contributed by atoms with Gasteiger partial charge in [0.15, 0.2) is 0 Å². The minimum absolute atomic E-state index is 0.0245. The van der Waals surface area contributed by atoms with E-state index in [4.69, 9.17) is 5.73 Å². The molecule has 4 nitrogen and oxygen atoms in total. The Hall–Kier alpha value is -1.55. The minimum Gasteiger partial charge on any atom is -0.398 e. The van der Waals surface area contributed by atoms with Crippen LogP contribution in [0.25, 0.3) is 0 Å². The summed E-state index contributed by atoms with van der Waals surface area (Å²) in [5.41, 5.74) is 8.30. The smallest absolute Gasteiger partial charge is 0.238 e. The number of hydrogen-bond donors (Lipinski definition) is 2. The number of likely N-dealkylation sites (N-methyl/N-ethyl adjacent to an activating group) is 1. The van der Waals surface area contributed by atoms with Crippen molar-refractivity contribution >= 4 is 17.3 Å². The Morgan fingerprint density at radius 2 is 1.95 bits per heavy atom. The summed E-state index contributed by atoms with van der Waals surface area (Å²) in [6.07, 6.45) is 2.31. The lowest BCUT2D eigenvalue weighted by atomic mass is 10.0. The van der Waals surface area contributed by atoms with E-state index in [2.05, 4.69) is 31.0 Å². The van der Waals surface area contributed by atoms with Crippen molar-refractivity contribution in [1.29, 1.82) is 0 Å². The van der Waals surface area contributed by atoms with Gasteiger partial charge in [0.25, 0.3) is 0 Å². The Morgan fingerprint density at radius 1 is 1.29 bits per heavy atom. The summed E-state index contributed by atoms with van der Waals surface area (Å²) < 4.78 is 0. The van der Waals surface area contributed by atoms with Crippen LogP contribution in [-0.4, -0.2) is 30.4 Å². The van der Waals surface area contributed by atoms with Crippen LogP contribution in [0.5, 0.6) is 0 Å². The minimum atomic E-state index is 0.0245. The van der Waals surface area contributed by atoms with Crippen molar-refractivity contribution in [3.05, 3.63) is 23.8 Å². The van der Waals surface area contributed by atoms with Gasteiger partial charge in [-0.3, -0.25) is 9.69 Å². The molecule has 21 heavy (non-hydrogen) atoms. The fourth-order valence-corrected chi connectivity index (χ4v) is 2.40. The number of carbonyl (C=O) groups is 1. The molecule has 1 amide bonds. The van der Waals surface area contributed by atoms with Crippen molar-refractivity contribution in [1.82, 2.24) is 4.90 Å². The van der Waals surface area contributed by atoms with Crippen LogP contribution in [0.4, 0.5) is 11.4 Å². The van der Waals surface area contributed by atoms with Crippen LogP contribution in [0.3, 0.4) is 0 Å². The van der Waals surface area contributed by atoms with Gasteiger partial charge in [-0.15, -0.1) is 0 Å². The second-order valence-corrected chi connectivity index (χ2v) is 5.58. The molecular weight excluding hydrogens is 262 g/mol. The second-order valence-electron chi connectivity index (χ2n) is 5.58. The topological polar surface area (TPSA) is 58.4 Å². The van der Waals surface area contributed by atoms with Crippen molar-refractivity contribution in [3.63, 3.8) is 0 Å². The number of carbonyl (C=O) groups excluding carboxylic acids is 1. The molecular formula is C17H29N3O. The van der Waals surface area contributed by atoms with Gasteiger partial charge in [-0.05, 0) is 37.1 Å². The Labute approximate surface area is 128 Å². The van der Waals surface area contributed by atoms with Gasteiger partial charge in [0.2, 0.25) is 5.91 Å². The predicted octanol–water partition coefficient (Wildman–Crippen LogP) is 3.27. The SMILES string of the molecule is CCC(CC)CN(CC)CC(=O)Nc1cccc(N)c1C. The van der Waals surface area contributed by atoms with E-state index in [0.717, 1.165) is 37.2 Å². The second kappa shape index (κ2) is 8.67. The zero-order valence-electron chi connectivity index (χ0n) is 13.8. The number of rotatable bonds is 8. The number of amides is 1. The number of nitrogens with one attached hydrogen (secondary N) is 1. The first kappa shape index (κ1) is 17.5. The van der Waals surface area contributed by atoms with E-state index in [-0.39, 0.29) is 5.91 Å². The van der Waals surface area contributed by atoms with Crippen molar-refractivity contribution in [2.24, 2.45) is 5.92 Å². The lowest BCUT2D eigenvalue weighted by molar-refractivity contribution is -0.117. The molecule has 0 aliphatic carbocycles. The summed E-state index contributed by atoms with van der Waals surface area (Å²) in [5.74, 6) is 0.684. The molecule has 0 aromatic heterocycles. The fourth-order valence-electron chi connectivity index (χ4n) is 2.40. The summed E-state index contributed by atoms with van der Waals surface area (Å²) in [6.45, 7) is 10.7. The molecule has 0 radical (unpaired) electrons. The first-order valence-corrected chi connectivity index (χ1v) is 7.89. The molecule has 4 heteroatoms. The zero-order chi connectivity index (χ0) is 15.8. The van der Waals surface area contributed by atoms with Gasteiger partial charge in [-0.25, -0.2) is 0 Å². The molecule has 0 aliphatic heterocycles. The molecule has 0 atom stereocenters. The van der Waals surface area contributed by atoms with Gasteiger partial charge in [0, 0.05) is 17.9 Å². The van der Waals surface area contributed by atoms with E-state index >= 15 is 0 Å². The molecule has 0 fully saturated rings. The first-order chi connectivity index (χ1) is 10.0. The van der Waals surface area contributed by atoms with E-state index in [1.165, 1.54) is 0 Å². The van der Waals surface area contributed by atoms with Gasteiger partial charge in [0.1, 0.15) is 0 Å². The summed E-state index contributed by atoms with van der Waals surface area (Å²) in [5, 5.41) is 2.96. The van der Waals surface area contributed by atoms with Crippen molar-refractivity contribution in [2.75, 3.05) is 30.7 Å². The summed E-state index contributed by atoms with van der Waals surface area (Å²) in [4.78, 5) is 14.4. The molecule has 0 bridgehead atoms. The zero-order valence-corrected chi connectivity index (χ0v) is 13.8. The first-order valence-electron chi connectivity index (χ1n) is 7.89. The summed E-state index contributed by atoms with van der Waals surface area (Å²) >= 11 is 0. The van der Waals surface area contributed by atoms with Gasteiger partial charge in [-0.1, -0.05) is 39.7 Å². The third-order valence-electron chi connectivity index (χ3n) is 4.14. The highest BCUT2D eigenvalue weighted by molar-refractivity contribution is 5.93. The summed E-state index contributed by atoms with van der Waals surface area (Å²) in [6, 6.07) is 5.59. The third kappa shape index (κ3) is 5.38. The van der Waals surface area contributed by atoms with Gasteiger partial charge in [-0.2, -0.15) is 0 Å². The Bertz CT molecular complexity index is 455. The molecule has 118 valence electrons. The molecule has 0 saturated carbocycles. The number of nitrogens with two attached hydrogens (primary N) is 1. The van der Waals surface area contributed by atoms with Crippen LogP contribution >= 0.6 is 0 Å². The van der Waals surface area contributed by atoms with Gasteiger partial charge >= 0.3 is 0 Å². The summed E-state index contributed by atoms with van der Waals surface area (Å²) in [7, 11) is 0. The van der Waals surface area contributed by atoms with Crippen LogP contribution in [-0.2, 0) is 4.79 Å². The highest BCUT2D eigenvalue weighted by Gasteiger charge is 2.14. The maximum Gasteiger partial charge on any atom is 0.238 e. The monoisotopic (exact) mass is 291 g/mol. The van der Waals surface area contributed by atoms with Crippen molar-refractivity contribution in [3.8, 4) is 0 Å². The quantitative estimate of drug-likeness (QED) is 0.723. The number of hydrogen-bond acceptors (Lipinski definition) is 3. The highest BCUT2D eigenvalue weighted by atomic mass is 16.2.